The van der Waals surface area contributed by atoms with Gasteiger partial charge in [0, 0.05) is 11.1 Å². The van der Waals surface area contributed by atoms with E-state index in [2.05, 4.69) is 26.1 Å². The maximum Gasteiger partial charge on any atom is 0.123 e. The van der Waals surface area contributed by atoms with E-state index in [0.29, 0.717) is 17.0 Å². The van der Waals surface area contributed by atoms with Crippen molar-refractivity contribution in [3.05, 3.63) is 34.6 Å². The summed E-state index contributed by atoms with van der Waals surface area (Å²) in [5, 5.41) is 4.24. The topological polar surface area (TPSA) is 12.0 Å². The average molecular weight is 286 g/mol. The fraction of sp³-hybridized carbons (Fsp3) is 0.625. The van der Waals surface area contributed by atoms with Gasteiger partial charge in [0.2, 0.25) is 0 Å². The zero-order chi connectivity index (χ0) is 14.3. The van der Waals surface area contributed by atoms with Crippen molar-refractivity contribution in [2.75, 3.05) is 6.54 Å². The normalized spacial score (nSPS) is 12.9. The molecule has 1 atom stereocenters. The molecule has 0 fully saturated rings. The van der Waals surface area contributed by atoms with Crippen molar-refractivity contribution in [1.29, 1.82) is 0 Å². The average Bonchev–Trinajstić information content (AvgIpc) is 2.37. The van der Waals surface area contributed by atoms with Gasteiger partial charge in [0.15, 0.2) is 0 Å². The Morgan fingerprint density at radius 2 is 2.05 bits per heavy atom. The Morgan fingerprint density at radius 1 is 1.32 bits per heavy atom. The summed E-state index contributed by atoms with van der Waals surface area (Å²) in [7, 11) is 0. The van der Waals surface area contributed by atoms with Crippen LogP contribution in [0, 0.1) is 11.7 Å². The van der Waals surface area contributed by atoms with Crippen LogP contribution in [0.25, 0.3) is 0 Å². The zero-order valence-electron chi connectivity index (χ0n) is 12.2. The summed E-state index contributed by atoms with van der Waals surface area (Å²) in [6.45, 7) is 7.71. The lowest BCUT2D eigenvalue weighted by atomic mass is 9.96. The van der Waals surface area contributed by atoms with Crippen LogP contribution < -0.4 is 5.32 Å². The van der Waals surface area contributed by atoms with Crippen LogP contribution in [0.4, 0.5) is 4.39 Å². The smallest absolute Gasteiger partial charge is 0.123 e. The number of rotatable bonds is 8. The van der Waals surface area contributed by atoms with Gasteiger partial charge in [0.25, 0.3) is 0 Å². The highest BCUT2D eigenvalue weighted by Gasteiger charge is 2.12. The molecule has 0 aromatic heterocycles. The van der Waals surface area contributed by atoms with E-state index in [1.807, 2.05) is 0 Å². The van der Waals surface area contributed by atoms with Crippen LogP contribution in [0.5, 0.6) is 0 Å². The third-order valence-electron chi connectivity index (χ3n) is 3.43. The molecule has 108 valence electrons. The van der Waals surface area contributed by atoms with Gasteiger partial charge >= 0.3 is 0 Å². The van der Waals surface area contributed by atoms with Gasteiger partial charge in [-0.2, -0.15) is 0 Å². The van der Waals surface area contributed by atoms with Gasteiger partial charge in [0.05, 0.1) is 0 Å². The molecule has 1 rings (SSSR count). The molecule has 3 heteroatoms. The van der Waals surface area contributed by atoms with E-state index in [4.69, 9.17) is 11.6 Å². The summed E-state index contributed by atoms with van der Waals surface area (Å²) in [4.78, 5) is 0. The highest BCUT2D eigenvalue weighted by Crippen LogP contribution is 2.20. The third kappa shape index (κ3) is 5.92. The van der Waals surface area contributed by atoms with Gasteiger partial charge in [0.1, 0.15) is 5.82 Å². The minimum Gasteiger partial charge on any atom is -0.314 e. The first-order valence-electron chi connectivity index (χ1n) is 7.22. The van der Waals surface area contributed by atoms with Crippen LogP contribution in [0.1, 0.15) is 45.6 Å². The van der Waals surface area contributed by atoms with E-state index in [9.17, 15) is 4.39 Å². The molecule has 0 aliphatic rings. The van der Waals surface area contributed by atoms with Crippen LogP contribution in [-0.4, -0.2) is 12.6 Å². The minimum absolute atomic E-state index is 0.205. The van der Waals surface area contributed by atoms with Crippen molar-refractivity contribution in [3.63, 3.8) is 0 Å². The van der Waals surface area contributed by atoms with E-state index in [1.54, 1.807) is 12.1 Å². The highest BCUT2D eigenvalue weighted by atomic mass is 35.5. The quantitative estimate of drug-likeness (QED) is 0.722. The highest BCUT2D eigenvalue weighted by molar-refractivity contribution is 6.31. The van der Waals surface area contributed by atoms with Gasteiger partial charge in [-0.25, -0.2) is 4.39 Å². The predicted molar refractivity (Wildman–Crippen MR) is 81.3 cm³/mol. The summed E-state index contributed by atoms with van der Waals surface area (Å²) in [5.41, 5.74) is 0.916. The molecule has 0 aliphatic heterocycles. The first kappa shape index (κ1) is 16.5. The third-order valence-corrected chi connectivity index (χ3v) is 3.80. The molecular weight excluding hydrogens is 261 g/mol. The number of nitrogens with one attached hydrogen (secondary N) is 1. The zero-order valence-corrected chi connectivity index (χ0v) is 12.9. The van der Waals surface area contributed by atoms with Crippen LogP contribution in [0.2, 0.25) is 5.02 Å². The van der Waals surface area contributed by atoms with Crippen molar-refractivity contribution in [2.24, 2.45) is 5.92 Å². The number of halogens is 2. The van der Waals surface area contributed by atoms with Gasteiger partial charge in [-0.3, -0.25) is 0 Å². The molecule has 19 heavy (non-hydrogen) atoms. The van der Waals surface area contributed by atoms with E-state index >= 15 is 0 Å². The molecule has 0 radical (unpaired) electrons. The van der Waals surface area contributed by atoms with Crippen molar-refractivity contribution in [2.45, 2.75) is 52.5 Å². The molecule has 0 saturated heterocycles. The summed E-state index contributed by atoms with van der Waals surface area (Å²) in [6, 6.07) is 5.13. The number of hydrogen-bond acceptors (Lipinski definition) is 1. The van der Waals surface area contributed by atoms with E-state index in [1.165, 1.54) is 6.07 Å². The molecular formula is C16H25ClFN. The second-order valence-electron chi connectivity index (χ2n) is 5.43. The lowest BCUT2D eigenvalue weighted by molar-refractivity contribution is 0.370. The Labute approximate surface area is 121 Å². The molecule has 1 aromatic carbocycles. The summed E-state index contributed by atoms with van der Waals surface area (Å²) in [6.07, 6.45) is 4.12. The summed E-state index contributed by atoms with van der Waals surface area (Å²) < 4.78 is 13.2. The first-order chi connectivity index (χ1) is 9.04. The maximum absolute atomic E-state index is 13.2. The van der Waals surface area contributed by atoms with E-state index < -0.39 is 0 Å². The molecule has 1 nitrogen and oxygen atoms in total. The lowest BCUT2D eigenvalue weighted by Gasteiger charge is -2.22. The van der Waals surface area contributed by atoms with E-state index in [-0.39, 0.29) is 5.82 Å². The summed E-state index contributed by atoms with van der Waals surface area (Å²) in [5.74, 6) is 0.415. The Morgan fingerprint density at radius 3 is 2.68 bits per heavy atom. The molecule has 1 unspecified atom stereocenters. The SMILES string of the molecule is CCCNC(CCCc1cc(F)ccc1Cl)C(C)C. The van der Waals surface area contributed by atoms with Gasteiger partial charge in [-0.15, -0.1) is 0 Å². The standard InChI is InChI=1S/C16H25ClFN/c1-4-10-19-16(12(2)3)7-5-6-13-11-14(18)8-9-15(13)17/h8-9,11-12,16,19H,4-7,10H2,1-3H3. The minimum atomic E-state index is -0.205. The predicted octanol–water partition coefficient (Wildman–Crippen LogP) is 4.83. The van der Waals surface area contributed by atoms with Crippen molar-refractivity contribution in [1.82, 2.24) is 5.32 Å². The van der Waals surface area contributed by atoms with Crippen molar-refractivity contribution < 1.29 is 4.39 Å². The molecule has 0 heterocycles. The van der Waals surface area contributed by atoms with E-state index in [0.717, 1.165) is 37.8 Å². The number of aryl methyl sites for hydroxylation is 1. The number of hydrogen-bond donors (Lipinski definition) is 1. The molecule has 0 aliphatic carbocycles. The summed E-state index contributed by atoms with van der Waals surface area (Å²) >= 11 is 6.08. The molecule has 0 amide bonds. The Balaban J connectivity index is 2.44. The second-order valence-corrected chi connectivity index (χ2v) is 5.84. The molecule has 0 saturated carbocycles. The Kier molecular flexibility index (Phi) is 7.40. The first-order valence-corrected chi connectivity index (χ1v) is 7.59. The second kappa shape index (κ2) is 8.55. The van der Waals surface area contributed by atoms with Crippen LogP contribution in [0.3, 0.4) is 0 Å². The monoisotopic (exact) mass is 285 g/mol. The molecule has 0 bridgehead atoms. The lowest BCUT2D eigenvalue weighted by Crippen LogP contribution is -2.34. The fourth-order valence-corrected chi connectivity index (χ4v) is 2.46. The largest absolute Gasteiger partial charge is 0.314 e. The van der Waals surface area contributed by atoms with Crippen LogP contribution in [-0.2, 0) is 6.42 Å². The number of benzene rings is 1. The van der Waals surface area contributed by atoms with Crippen LogP contribution in [0.15, 0.2) is 18.2 Å². The van der Waals surface area contributed by atoms with Crippen molar-refractivity contribution in [3.8, 4) is 0 Å². The molecule has 1 aromatic rings. The molecule has 1 N–H and O–H groups in total. The maximum atomic E-state index is 13.2. The fourth-order valence-electron chi connectivity index (χ4n) is 2.25. The van der Waals surface area contributed by atoms with Gasteiger partial charge in [-0.05, 0) is 61.9 Å². The Bertz CT molecular complexity index is 379. The van der Waals surface area contributed by atoms with Crippen molar-refractivity contribution >= 4 is 11.6 Å². The van der Waals surface area contributed by atoms with Crippen LogP contribution >= 0.6 is 11.6 Å². The van der Waals surface area contributed by atoms with Gasteiger partial charge in [-0.1, -0.05) is 32.4 Å². The van der Waals surface area contributed by atoms with Gasteiger partial charge < -0.3 is 5.32 Å². The molecule has 0 spiro atoms. The Hall–Kier alpha value is -0.600.